The van der Waals surface area contributed by atoms with Crippen LogP contribution in [-0.2, 0) is 0 Å². The molecule has 6 heteroatoms. The maximum atomic E-state index is 11.0. The van der Waals surface area contributed by atoms with E-state index in [-0.39, 0.29) is 10.6 Å². The van der Waals surface area contributed by atoms with Gasteiger partial charge in [-0.25, -0.2) is 0 Å². The molecular weight excluding hydrogens is 208 g/mol. The Morgan fingerprint density at radius 2 is 1.86 bits per heavy atom. The summed E-state index contributed by atoms with van der Waals surface area (Å²) in [7, 11) is -1.20. The standard InChI is InChI=1S/C8H12O5S/c1-12-6-3-4-8(14(9,10)11)7(5-6)13-2/h3-5,9-11H,1-2H3/p-1. The molecule has 14 heavy (non-hydrogen) atoms. The number of hydrogen-bond donors (Lipinski definition) is 2. The molecule has 0 saturated heterocycles. The summed E-state index contributed by atoms with van der Waals surface area (Å²) in [6.07, 6.45) is 0. The lowest BCUT2D eigenvalue weighted by molar-refractivity contribution is 0.345. The van der Waals surface area contributed by atoms with E-state index in [0.717, 1.165) is 0 Å². The third-order valence-corrected chi connectivity index (χ3v) is 2.57. The van der Waals surface area contributed by atoms with Gasteiger partial charge in [-0.15, -0.1) is 0 Å². The Hall–Kier alpha value is -0.950. The maximum Gasteiger partial charge on any atom is 0.137 e. The van der Waals surface area contributed by atoms with Crippen molar-refractivity contribution in [3.63, 3.8) is 0 Å². The Morgan fingerprint density at radius 3 is 2.29 bits per heavy atom. The molecule has 0 unspecified atom stereocenters. The number of hydrogen-bond acceptors (Lipinski definition) is 5. The zero-order chi connectivity index (χ0) is 10.8. The Kier molecular flexibility index (Phi) is 3.22. The van der Waals surface area contributed by atoms with E-state index in [1.165, 1.54) is 32.4 Å². The normalized spacial score (nSPS) is 12.4. The van der Waals surface area contributed by atoms with Gasteiger partial charge in [0, 0.05) is 6.07 Å². The highest BCUT2D eigenvalue weighted by molar-refractivity contribution is 8.19. The summed E-state index contributed by atoms with van der Waals surface area (Å²) >= 11 is 0. The van der Waals surface area contributed by atoms with E-state index < -0.39 is 10.9 Å². The van der Waals surface area contributed by atoms with Crippen molar-refractivity contribution in [3.8, 4) is 11.5 Å². The summed E-state index contributed by atoms with van der Waals surface area (Å²) in [6.45, 7) is 0. The molecule has 1 aromatic rings. The molecule has 0 saturated carbocycles. The lowest BCUT2D eigenvalue weighted by Gasteiger charge is -2.34. The predicted octanol–water partition coefficient (Wildman–Crippen LogP) is 1.94. The minimum Gasteiger partial charge on any atom is -0.769 e. The summed E-state index contributed by atoms with van der Waals surface area (Å²) < 4.78 is 38.5. The number of ether oxygens (including phenoxy) is 2. The summed E-state index contributed by atoms with van der Waals surface area (Å²) in [6, 6.07) is 4.16. The minimum absolute atomic E-state index is 0.111. The second-order valence-corrected chi connectivity index (χ2v) is 3.95. The van der Waals surface area contributed by atoms with Crippen LogP contribution in [0.2, 0.25) is 0 Å². The van der Waals surface area contributed by atoms with E-state index in [1.807, 2.05) is 0 Å². The van der Waals surface area contributed by atoms with Gasteiger partial charge in [0.25, 0.3) is 0 Å². The van der Waals surface area contributed by atoms with E-state index >= 15 is 0 Å². The van der Waals surface area contributed by atoms with E-state index in [2.05, 4.69) is 0 Å². The molecule has 0 amide bonds. The fourth-order valence-corrected chi connectivity index (χ4v) is 1.64. The lowest BCUT2D eigenvalue weighted by atomic mass is 10.3. The van der Waals surface area contributed by atoms with Gasteiger partial charge in [-0.05, 0) is 12.1 Å². The second-order valence-electron chi connectivity index (χ2n) is 2.51. The van der Waals surface area contributed by atoms with Crippen molar-refractivity contribution < 1.29 is 23.1 Å². The van der Waals surface area contributed by atoms with Crippen LogP contribution in [0.25, 0.3) is 0 Å². The molecule has 0 bridgehead atoms. The topological polar surface area (TPSA) is 82.0 Å². The average molecular weight is 219 g/mol. The molecule has 0 heterocycles. The Bertz CT molecular complexity index is 320. The van der Waals surface area contributed by atoms with Crippen LogP contribution in [0.15, 0.2) is 23.1 Å². The average Bonchev–Trinajstić information content (AvgIpc) is 2.15. The first kappa shape index (κ1) is 11.1. The summed E-state index contributed by atoms with van der Waals surface area (Å²) in [5.41, 5.74) is 0. The third kappa shape index (κ3) is 2.30. The van der Waals surface area contributed by atoms with Crippen LogP contribution in [0.1, 0.15) is 0 Å². The molecule has 0 aliphatic rings. The van der Waals surface area contributed by atoms with Gasteiger partial charge < -0.3 is 23.1 Å². The van der Waals surface area contributed by atoms with Crippen molar-refractivity contribution in [3.05, 3.63) is 18.2 Å². The van der Waals surface area contributed by atoms with Crippen LogP contribution in [0, 0.1) is 0 Å². The van der Waals surface area contributed by atoms with Crippen LogP contribution in [0.5, 0.6) is 11.5 Å². The molecule has 0 radical (unpaired) electrons. The SMILES string of the molecule is COc1ccc(S([O-])(O)O)c(OC)c1. The molecule has 1 aromatic carbocycles. The minimum atomic E-state index is -4.00. The highest BCUT2D eigenvalue weighted by Gasteiger charge is 2.13. The predicted molar refractivity (Wildman–Crippen MR) is 51.4 cm³/mol. The molecule has 0 aromatic heterocycles. The van der Waals surface area contributed by atoms with Gasteiger partial charge in [0.15, 0.2) is 0 Å². The molecule has 80 valence electrons. The van der Waals surface area contributed by atoms with E-state index in [1.54, 1.807) is 0 Å². The monoisotopic (exact) mass is 219 g/mol. The Balaban J connectivity index is 3.18. The van der Waals surface area contributed by atoms with Gasteiger partial charge in [0.05, 0.1) is 19.1 Å². The van der Waals surface area contributed by atoms with Crippen molar-refractivity contribution in [2.45, 2.75) is 4.90 Å². The van der Waals surface area contributed by atoms with Crippen LogP contribution < -0.4 is 9.47 Å². The third-order valence-electron chi connectivity index (χ3n) is 1.66. The van der Waals surface area contributed by atoms with Gasteiger partial charge >= 0.3 is 0 Å². The molecular formula is C8H11O5S-. The van der Waals surface area contributed by atoms with Crippen LogP contribution in [0.3, 0.4) is 0 Å². The molecule has 5 nitrogen and oxygen atoms in total. The number of methoxy groups -OCH3 is 2. The molecule has 1 rings (SSSR count). The molecule has 0 fully saturated rings. The zero-order valence-electron chi connectivity index (χ0n) is 7.76. The van der Waals surface area contributed by atoms with Crippen molar-refractivity contribution in [2.24, 2.45) is 0 Å². The summed E-state index contributed by atoms with van der Waals surface area (Å²) in [4.78, 5) is -0.166. The maximum absolute atomic E-state index is 11.0. The van der Waals surface area contributed by atoms with Crippen molar-refractivity contribution in [1.82, 2.24) is 0 Å². The fraction of sp³-hybridized carbons (Fsp3) is 0.250. The molecule has 0 atom stereocenters. The van der Waals surface area contributed by atoms with Crippen molar-refractivity contribution >= 4 is 10.9 Å². The fourth-order valence-electron chi connectivity index (χ4n) is 0.995. The molecule has 0 aliphatic heterocycles. The van der Waals surface area contributed by atoms with E-state index in [9.17, 15) is 4.55 Å². The van der Waals surface area contributed by atoms with Gasteiger partial charge in [0.2, 0.25) is 0 Å². The quantitative estimate of drug-likeness (QED) is 0.811. The largest absolute Gasteiger partial charge is 0.769 e. The Morgan fingerprint density at radius 1 is 1.21 bits per heavy atom. The smallest absolute Gasteiger partial charge is 0.137 e. The Labute approximate surface area is 83.5 Å². The molecule has 0 spiro atoms. The summed E-state index contributed by atoms with van der Waals surface area (Å²) in [5.74, 6) is 0.591. The van der Waals surface area contributed by atoms with Gasteiger partial charge in [-0.3, -0.25) is 0 Å². The zero-order valence-corrected chi connectivity index (χ0v) is 8.58. The van der Waals surface area contributed by atoms with Crippen molar-refractivity contribution in [1.29, 1.82) is 0 Å². The number of rotatable bonds is 3. The first-order chi connectivity index (χ1) is 6.49. The summed E-state index contributed by atoms with van der Waals surface area (Å²) in [5, 5.41) is 0. The first-order valence-corrected chi connectivity index (χ1v) is 5.17. The van der Waals surface area contributed by atoms with Gasteiger partial charge in [0.1, 0.15) is 11.5 Å². The highest BCUT2D eigenvalue weighted by atomic mass is 32.3. The number of benzene rings is 1. The highest BCUT2D eigenvalue weighted by Crippen LogP contribution is 2.49. The van der Waals surface area contributed by atoms with Gasteiger partial charge in [-0.2, -0.15) is 0 Å². The van der Waals surface area contributed by atoms with E-state index in [4.69, 9.17) is 18.6 Å². The molecule has 2 N–H and O–H groups in total. The second kappa shape index (κ2) is 4.05. The van der Waals surface area contributed by atoms with Gasteiger partial charge in [-0.1, -0.05) is 10.9 Å². The van der Waals surface area contributed by atoms with Crippen LogP contribution >= 0.6 is 10.9 Å². The lowest BCUT2D eigenvalue weighted by Crippen LogP contribution is -1.99. The van der Waals surface area contributed by atoms with Crippen LogP contribution in [-0.4, -0.2) is 27.9 Å². The van der Waals surface area contributed by atoms with E-state index in [0.29, 0.717) is 5.75 Å². The van der Waals surface area contributed by atoms with Crippen LogP contribution in [0.4, 0.5) is 0 Å². The molecule has 0 aliphatic carbocycles. The van der Waals surface area contributed by atoms with Crippen molar-refractivity contribution in [2.75, 3.05) is 14.2 Å². The first-order valence-electron chi connectivity index (χ1n) is 3.70.